The largest absolute Gasteiger partial charge is 0.481 e. The minimum absolute atomic E-state index is 0.152. The number of aliphatic carboxylic acids is 1. The normalized spacial score (nSPS) is 19.0. The van der Waals surface area contributed by atoms with E-state index in [1.54, 1.807) is 0 Å². The first kappa shape index (κ1) is 15.1. The summed E-state index contributed by atoms with van der Waals surface area (Å²) in [5.74, 6) is -1.59. The van der Waals surface area contributed by atoms with Crippen LogP contribution >= 0.6 is 0 Å². The molecule has 2 N–H and O–H groups in total. The first-order valence-electron chi connectivity index (χ1n) is 7.43. The van der Waals surface area contributed by atoms with Crippen LogP contribution in [-0.4, -0.2) is 17.2 Å². The fraction of sp³-hybridized carbons (Fsp3) is 0.222. The molecule has 0 spiro atoms. The molecule has 2 unspecified atom stereocenters. The van der Waals surface area contributed by atoms with Crippen LogP contribution < -0.4 is 5.32 Å². The molecule has 0 fully saturated rings. The number of carbonyl (C=O) groups excluding carboxylic acids is 1. The Kier molecular flexibility index (Phi) is 4.28. The molecular formula is C18H17NO4. The molecule has 1 amide bonds. The summed E-state index contributed by atoms with van der Waals surface area (Å²) in [6.45, 7) is 0.152. The second-order valence-corrected chi connectivity index (χ2v) is 5.53. The summed E-state index contributed by atoms with van der Waals surface area (Å²) in [6.07, 6.45) is -0.198. The van der Waals surface area contributed by atoms with Crippen LogP contribution in [-0.2, 0) is 22.6 Å². The average Bonchev–Trinajstić information content (AvgIpc) is 2.93. The fourth-order valence-corrected chi connectivity index (χ4v) is 2.89. The minimum atomic E-state index is -0.922. The molecule has 2 aromatic rings. The van der Waals surface area contributed by atoms with Gasteiger partial charge in [0.2, 0.25) is 0 Å². The maximum absolute atomic E-state index is 12.0. The van der Waals surface area contributed by atoms with Gasteiger partial charge < -0.3 is 15.2 Å². The molecule has 0 saturated carbocycles. The first-order chi connectivity index (χ1) is 11.1. The van der Waals surface area contributed by atoms with Crippen molar-refractivity contribution in [2.45, 2.75) is 19.1 Å². The first-order valence-corrected chi connectivity index (χ1v) is 7.43. The van der Waals surface area contributed by atoms with E-state index in [-0.39, 0.29) is 6.61 Å². The maximum Gasteiger partial charge on any atom is 0.407 e. The molecule has 0 saturated heterocycles. The maximum atomic E-state index is 12.0. The van der Waals surface area contributed by atoms with Crippen molar-refractivity contribution >= 4 is 12.1 Å². The monoisotopic (exact) mass is 311 g/mol. The lowest BCUT2D eigenvalue weighted by Crippen LogP contribution is -2.34. The highest BCUT2D eigenvalue weighted by Gasteiger charge is 2.38. The van der Waals surface area contributed by atoms with Gasteiger partial charge in [0.05, 0.1) is 12.0 Å². The summed E-state index contributed by atoms with van der Waals surface area (Å²) in [6, 6.07) is 16.2. The highest BCUT2D eigenvalue weighted by Crippen LogP contribution is 2.36. The lowest BCUT2D eigenvalue weighted by Gasteiger charge is -2.18. The molecule has 1 aliphatic rings. The van der Waals surface area contributed by atoms with Crippen molar-refractivity contribution in [2.24, 2.45) is 5.92 Å². The summed E-state index contributed by atoms with van der Waals surface area (Å²) >= 11 is 0. The van der Waals surface area contributed by atoms with Crippen LogP contribution in [0.1, 0.15) is 22.7 Å². The molecule has 118 valence electrons. The quantitative estimate of drug-likeness (QED) is 0.910. The van der Waals surface area contributed by atoms with Crippen molar-refractivity contribution in [2.75, 3.05) is 0 Å². The summed E-state index contributed by atoms with van der Waals surface area (Å²) in [5.41, 5.74) is 2.68. The topological polar surface area (TPSA) is 75.6 Å². The number of carboxylic acids is 1. The van der Waals surface area contributed by atoms with Crippen molar-refractivity contribution in [1.82, 2.24) is 5.32 Å². The second-order valence-electron chi connectivity index (χ2n) is 5.53. The van der Waals surface area contributed by atoms with E-state index in [1.807, 2.05) is 54.6 Å². The Morgan fingerprint density at radius 3 is 2.52 bits per heavy atom. The summed E-state index contributed by atoms with van der Waals surface area (Å²) in [4.78, 5) is 23.5. The summed E-state index contributed by atoms with van der Waals surface area (Å²) in [7, 11) is 0. The van der Waals surface area contributed by atoms with Gasteiger partial charge in [-0.2, -0.15) is 0 Å². The van der Waals surface area contributed by atoms with Gasteiger partial charge in [0.25, 0.3) is 0 Å². The van der Waals surface area contributed by atoms with Gasteiger partial charge in [0, 0.05) is 0 Å². The Bertz CT molecular complexity index is 714. The van der Waals surface area contributed by atoms with Crippen LogP contribution in [0.15, 0.2) is 54.6 Å². The van der Waals surface area contributed by atoms with E-state index < -0.39 is 24.0 Å². The van der Waals surface area contributed by atoms with Crippen molar-refractivity contribution in [3.05, 3.63) is 71.3 Å². The van der Waals surface area contributed by atoms with Gasteiger partial charge >= 0.3 is 12.1 Å². The van der Waals surface area contributed by atoms with Crippen LogP contribution in [0.5, 0.6) is 0 Å². The molecule has 5 nitrogen and oxygen atoms in total. The SMILES string of the molecule is O=C(NC1c2ccccc2CC1C(=O)O)OCc1ccccc1. The number of fused-ring (bicyclic) bond motifs is 1. The number of hydrogen-bond acceptors (Lipinski definition) is 3. The van der Waals surface area contributed by atoms with Gasteiger partial charge in [-0.15, -0.1) is 0 Å². The second kappa shape index (κ2) is 6.52. The third-order valence-electron chi connectivity index (χ3n) is 4.04. The van der Waals surface area contributed by atoms with Gasteiger partial charge in [-0.1, -0.05) is 54.6 Å². The Morgan fingerprint density at radius 1 is 1.09 bits per heavy atom. The molecule has 5 heteroatoms. The van der Waals surface area contributed by atoms with Crippen molar-refractivity contribution in [3.63, 3.8) is 0 Å². The molecule has 0 heterocycles. The van der Waals surface area contributed by atoms with Crippen LogP contribution in [0, 0.1) is 5.92 Å². The van der Waals surface area contributed by atoms with Crippen molar-refractivity contribution in [3.8, 4) is 0 Å². The molecule has 0 bridgehead atoms. The Hall–Kier alpha value is -2.82. The highest BCUT2D eigenvalue weighted by atomic mass is 16.5. The number of alkyl carbamates (subject to hydrolysis) is 1. The standard InChI is InChI=1S/C18H17NO4/c20-17(21)15-10-13-8-4-5-9-14(13)16(15)19-18(22)23-11-12-6-2-1-3-7-12/h1-9,15-16H,10-11H2,(H,19,22)(H,20,21). The van der Waals surface area contributed by atoms with E-state index in [2.05, 4.69) is 5.32 Å². The number of ether oxygens (including phenoxy) is 1. The van der Waals surface area contributed by atoms with Gasteiger partial charge in [0.15, 0.2) is 0 Å². The van der Waals surface area contributed by atoms with Crippen molar-refractivity contribution in [1.29, 1.82) is 0 Å². The predicted molar refractivity (Wildman–Crippen MR) is 83.8 cm³/mol. The van der Waals surface area contributed by atoms with Crippen LogP contribution in [0.4, 0.5) is 4.79 Å². The van der Waals surface area contributed by atoms with Crippen LogP contribution in [0.2, 0.25) is 0 Å². The van der Waals surface area contributed by atoms with E-state index in [4.69, 9.17) is 4.74 Å². The molecule has 1 aliphatic carbocycles. The summed E-state index contributed by atoms with van der Waals surface area (Å²) in [5, 5.41) is 12.1. The molecule has 2 aromatic carbocycles. The third-order valence-corrected chi connectivity index (χ3v) is 4.04. The van der Waals surface area contributed by atoms with Gasteiger partial charge in [0.1, 0.15) is 6.61 Å². The average molecular weight is 311 g/mol. The summed E-state index contributed by atoms with van der Waals surface area (Å²) < 4.78 is 5.19. The van der Waals surface area contributed by atoms with E-state index in [1.165, 1.54) is 0 Å². The number of rotatable bonds is 4. The molecule has 2 atom stereocenters. The number of benzene rings is 2. The van der Waals surface area contributed by atoms with Gasteiger partial charge in [-0.25, -0.2) is 4.79 Å². The molecule has 23 heavy (non-hydrogen) atoms. The number of nitrogens with one attached hydrogen (secondary N) is 1. The van der Waals surface area contributed by atoms with Crippen LogP contribution in [0.25, 0.3) is 0 Å². The lowest BCUT2D eigenvalue weighted by atomic mass is 10.0. The van der Waals surface area contributed by atoms with E-state index in [9.17, 15) is 14.7 Å². The number of carboxylic acid groups (broad SMARTS) is 1. The minimum Gasteiger partial charge on any atom is -0.481 e. The highest BCUT2D eigenvalue weighted by molar-refractivity contribution is 5.76. The third kappa shape index (κ3) is 3.34. The van der Waals surface area contributed by atoms with E-state index in [0.717, 1.165) is 16.7 Å². The smallest absolute Gasteiger partial charge is 0.407 e. The predicted octanol–water partition coefficient (Wildman–Crippen LogP) is 2.91. The van der Waals surface area contributed by atoms with Crippen molar-refractivity contribution < 1.29 is 19.4 Å². The van der Waals surface area contributed by atoms with Gasteiger partial charge in [-0.05, 0) is 23.1 Å². The van der Waals surface area contributed by atoms with E-state index in [0.29, 0.717) is 6.42 Å². The Balaban J connectivity index is 1.67. The molecule has 0 aromatic heterocycles. The molecule has 0 aliphatic heterocycles. The Morgan fingerprint density at radius 2 is 1.78 bits per heavy atom. The number of amides is 1. The zero-order chi connectivity index (χ0) is 16.2. The van der Waals surface area contributed by atoms with Crippen LogP contribution in [0.3, 0.4) is 0 Å². The lowest BCUT2D eigenvalue weighted by molar-refractivity contribution is -0.142. The van der Waals surface area contributed by atoms with E-state index >= 15 is 0 Å². The Labute approximate surface area is 133 Å². The molecule has 3 rings (SSSR count). The number of hydrogen-bond donors (Lipinski definition) is 2. The fourth-order valence-electron chi connectivity index (χ4n) is 2.89. The van der Waals surface area contributed by atoms with Gasteiger partial charge in [-0.3, -0.25) is 4.79 Å². The number of carbonyl (C=O) groups is 2. The zero-order valence-electron chi connectivity index (χ0n) is 12.4. The molecular weight excluding hydrogens is 294 g/mol. The molecule has 0 radical (unpaired) electrons. The zero-order valence-corrected chi connectivity index (χ0v) is 12.4.